The number of benzene rings is 1. The Bertz CT molecular complexity index is 561. The zero-order chi connectivity index (χ0) is 14.5. The summed E-state index contributed by atoms with van der Waals surface area (Å²) < 4.78 is 0.601. The molecule has 1 aromatic carbocycles. The highest BCUT2D eigenvalue weighted by Gasteiger charge is 2.13. The van der Waals surface area contributed by atoms with Crippen molar-refractivity contribution in [2.24, 2.45) is 5.92 Å². The van der Waals surface area contributed by atoms with Crippen molar-refractivity contribution in [3.8, 4) is 0 Å². The van der Waals surface area contributed by atoms with Gasteiger partial charge in [-0.05, 0) is 56.0 Å². The number of halogens is 1. The van der Waals surface area contributed by atoms with Gasteiger partial charge in [-0.1, -0.05) is 23.7 Å². The molecule has 2 heterocycles. The van der Waals surface area contributed by atoms with Crippen LogP contribution in [0.3, 0.4) is 0 Å². The standard InChI is InChI=1S/C16H20ClN3S/c17-16-20-11-15(21-16)10-19-14-3-1-12(2-4-14)9-13-5-7-18-8-6-13/h1-4,11,13,18-19H,5-10H2. The summed E-state index contributed by atoms with van der Waals surface area (Å²) in [5.74, 6) is 0.837. The number of hydrogen-bond acceptors (Lipinski definition) is 4. The Labute approximate surface area is 134 Å². The van der Waals surface area contributed by atoms with E-state index in [0.29, 0.717) is 4.47 Å². The van der Waals surface area contributed by atoms with Gasteiger partial charge in [-0.2, -0.15) is 0 Å². The van der Waals surface area contributed by atoms with Crippen molar-refractivity contribution < 1.29 is 0 Å². The first-order valence-corrected chi connectivity index (χ1v) is 8.63. The highest BCUT2D eigenvalue weighted by atomic mass is 35.5. The Kier molecular flexibility index (Phi) is 5.12. The van der Waals surface area contributed by atoms with E-state index in [0.717, 1.165) is 23.0 Å². The molecule has 0 aliphatic carbocycles. The number of aromatic nitrogens is 1. The molecule has 2 aromatic rings. The average Bonchev–Trinajstić information content (AvgIpc) is 2.93. The van der Waals surface area contributed by atoms with Crippen LogP contribution < -0.4 is 10.6 Å². The SMILES string of the molecule is Clc1ncc(CNc2ccc(CC3CCNCC3)cc2)s1. The maximum atomic E-state index is 5.83. The number of anilines is 1. The first-order chi connectivity index (χ1) is 10.3. The number of nitrogens with zero attached hydrogens (tertiary/aromatic N) is 1. The van der Waals surface area contributed by atoms with Crippen LogP contribution in [0.4, 0.5) is 5.69 Å². The molecule has 1 aliphatic heterocycles. The van der Waals surface area contributed by atoms with Gasteiger partial charge in [0.2, 0.25) is 0 Å². The summed E-state index contributed by atoms with van der Waals surface area (Å²) in [6.07, 6.45) is 5.62. The summed E-state index contributed by atoms with van der Waals surface area (Å²) in [6, 6.07) is 8.81. The zero-order valence-electron chi connectivity index (χ0n) is 11.9. The molecule has 0 radical (unpaired) electrons. The molecule has 0 saturated carbocycles. The first-order valence-electron chi connectivity index (χ1n) is 7.43. The fourth-order valence-corrected chi connectivity index (χ4v) is 3.65. The number of rotatable bonds is 5. The van der Waals surface area contributed by atoms with Gasteiger partial charge >= 0.3 is 0 Å². The molecule has 0 bridgehead atoms. The van der Waals surface area contributed by atoms with E-state index in [2.05, 4.69) is 39.9 Å². The van der Waals surface area contributed by atoms with E-state index in [-0.39, 0.29) is 0 Å². The van der Waals surface area contributed by atoms with Crippen LogP contribution in [0.5, 0.6) is 0 Å². The van der Waals surface area contributed by atoms with Crippen molar-refractivity contribution in [3.05, 3.63) is 45.4 Å². The third-order valence-corrected chi connectivity index (χ3v) is 5.04. The summed E-state index contributed by atoms with van der Waals surface area (Å²) in [7, 11) is 0. The minimum atomic E-state index is 0.601. The maximum absolute atomic E-state index is 5.83. The lowest BCUT2D eigenvalue weighted by molar-refractivity contribution is 0.372. The number of nitrogens with one attached hydrogen (secondary N) is 2. The second kappa shape index (κ2) is 7.25. The third-order valence-electron chi connectivity index (χ3n) is 3.93. The minimum Gasteiger partial charge on any atom is -0.380 e. The normalized spacial score (nSPS) is 16.0. The van der Waals surface area contributed by atoms with Gasteiger partial charge < -0.3 is 10.6 Å². The molecule has 3 nitrogen and oxygen atoms in total. The van der Waals surface area contributed by atoms with Crippen LogP contribution >= 0.6 is 22.9 Å². The van der Waals surface area contributed by atoms with E-state index in [4.69, 9.17) is 11.6 Å². The van der Waals surface area contributed by atoms with Crippen LogP contribution in [0.2, 0.25) is 4.47 Å². The molecule has 1 aliphatic rings. The maximum Gasteiger partial charge on any atom is 0.183 e. The molecule has 0 amide bonds. The monoisotopic (exact) mass is 321 g/mol. The lowest BCUT2D eigenvalue weighted by Crippen LogP contribution is -2.28. The second-order valence-corrected chi connectivity index (χ2v) is 7.22. The van der Waals surface area contributed by atoms with E-state index >= 15 is 0 Å². The number of hydrogen-bond donors (Lipinski definition) is 2. The lowest BCUT2D eigenvalue weighted by Gasteiger charge is -2.22. The van der Waals surface area contributed by atoms with E-state index in [9.17, 15) is 0 Å². The third kappa shape index (κ3) is 4.43. The second-order valence-electron chi connectivity index (χ2n) is 5.53. The van der Waals surface area contributed by atoms with Crippen molar-refractivity contribution in [1.29, 1.82) is 0 Å². The zero-order valence-corrected chi connectivity index (χ0v) is 13.5. The molecular weight excluding hydrogens is 302 g/mol. The van der Waals surface area contributed by atoms with E-state index in [1.165, 1.54) is 49.3 Å². The predicted octanol–water partition coefficient (Wildman–Crippen LogP) is 3.95. The summed E-state index contributed by atoms with van der Waals surface area (Å²) in [4.78, 5) is 5.20. The summed E-state index contributed by atoms with van der Waals surface area (Å²) in [5, 5.41) is 6.83. The van der Waals surface area contributed by atoms with Gasteiger partial charge in [0.1, 0.15) is 0 Å². The van der Waals surface area contributed by atoms with Crippen LogP contribution in [0.1, 0.15) is 23.3 Å². The first kappa shape index (κ1) is 14.8. The van der Waals surface area contributed by atoms with Crippen LogP contribution in [0.25, 0.3) is 0 Å². The molecule has 1 fully saturated rings. The van der Waals surface area contributed by atoms with E-state index in [1.807, 2.05) is 6.20 Å². The van der Waals surface area contributed by atoms with Gasteiger partial charge in [-0.25, -0.2) is 4.98 Å². The van der Waals surface area contributed by atoms with Crippen molar-refractivity contribution in [2.75, 3.05) is 18.4 Å². The van der Waals surface area contributed by atoms with Crippen LogP contribution in [-0.4, -0.2) is 18.1 Å². The largest absolute Gasteiger partial charge is 0.380 e. The Morgan fingerprint density at radius 3 is 2.67 bits per heavy atom. The van der Waals surface area contributed by atoms with Crippen molar-refractivity contribution in [1.82, 2.24) is 10.3 Å². The van der Waals surface area contributed by atoms with Gasteiger partial charge in [-0.3, -0.25) is 0 Å². The van der Waals surface area contributed by atoms with Crippen LogP contribution in [-0.2, 0) is 13.0 Å². The highest BCUT2D eigenvalue weighted by molar-refractivity contribution is 7.15. The van der Waals surface area contributed by atoms with Gasteiger partial charge in [0.05, 0.1) is 6.54 Å². The topological polar surface area (TPSA) is 37.0 Å². The molecule has 0 unspecified atom stereocenters. The molecule has 1 saturated heterocycles. The minimum absolute atomic E-state index is 0.601. The van der Waals surface area contributed by atoms with Gasteiger partial charge in [-0.15, -0.1) is 11.3 Å². The van der Waals surface area contributed by atoms with Gasteiger partial charge in [0, 0.05) is 16.8 Å². The lowest BCUT2D eigenvalue weighted by atomic mass is 9.91. The Hall–Kier alpha value is -1.10. The Morgan fingerprint density at radius 1 is 1.24 bits per heavy atom. The van der Waals surface area contributed by atoms with E-state index < -0.39 is 0 Å². The van der Waals surface area contributed by atoms with Crippen LogP contribution in [0.15, 0.2) is 30.5 Å². The molecule has 112 valence electrons. The molecule has 5 heteroatoms. The van der Waals surface area contributed by atoms with Crippen LogP contribution in [0, 0.1) is 5.92 Å². The fourth-order valence-electron chi connectivity index (χ4n) is 2.73. The molecule has 0 spiro atoms. The smallest absolute Gasteiger partial charge is 0.183 e. The molecule has 1 aromatic heterocycles. The molecule has 21 heavy (non-hydrogen) atoms. The molecule has 2 N–H and O–H groups in total. The molecule has 3 rings (SSSR count). The Morgan fingerprint density at radius 2 is 2.00 bits per heavy atom. The predicted molar refractivity (Wildman–Crippen MR) is 90.2 cm³/mol. The number of piperidine rings is 1. The van der Waals surface area contributed by atoms with Gasteiger partial charge in [0.25, 0.3) is 0 Å². The quantitative estimate of drug-likeness (QED) is 0.875. The molecular formula is C16H20ClN3S. The summed E-state index contributed by atoms with van der Waals surface area (Å²) in [6.45, 7) is 3.11. The summed E-state index contributed by atoms with van der Waals surface area (Å²) in [5.41, 5.74) is 2.59. The number of thiazole rings is 1. The Balaban J connectivity index is 1.51. The average molecular weight is 322 g/mol. The van der Waals surface area contributed by atoms with Crippen molar-refractivity contribution in [2.45, 2.75) is 25.8 Å². The molecule has 0 atom stereocenters. The van der Waals surface area contributed by atoms with Crippen molar-refractivity contribution in [3.63, 3.8) is 0 Å². The fraction of sp³-hybridized carbons (Fsp3) is 0.438. The highest BCUT2D eigenvalue weighted by Crippen LogP contribution is 2.21. The van der Waals surface area contributed by atoms with Crippen molar-refractivity contribution >= 4 is 28.6 Å². The van der Waals surface area contributed by atoms with E-state index in [1.54, 1.807) is 0 Å². The summed E-state index contributed by atoms with van der Waals surface area (Å²) >= 11 is 7.35. The van der Waals surface area contributed by atoms with Gasteiger partial charge in [0.15, 0.2) is 4.47 Å².